The average molecular weight is 350 g/mol. The third kappa shape index (κ3) is 3.20. The summed E-state index contributed by atoms with van der Waals surface area (Å²) in [7, 11) is 0. The fourth-order valence-corrected chi connectivity index (χ4v) is 3.37. The number of carboxylic acid groups (broad SMARTS) is 1. The Morgan fingerprint density at radius 3 is 2.42 bits per heavy atom. The Hall–Kier alpha value is -3.08. The summed E-state index contributed by atoms with van der Waals surface area (Å²) >= 11 is 0. The number of para-hydroxylation sites is 2. The van der Waals surface area contributed by atoms with Crippen molar-refractivity contribution in [2.75, 3.05) is 11.4 Å². The van der Waals surface area contributed by atoms with Crippen LogP contribution in [0.1, 0.15) is 35.5 Å². The molecular weight excluding hydrogens is 328 g/mol. The number of benzene rings is 2. The van der Waals surface area contributed by atoms with Crippen LogP contribution in [0.5, 0.6) is 0 Å². The van der Waals surface area contributed by atoms with E-state index in [-0.39, 0.29) is 18.0 Å². The highest BCUT2D eigenvalue weighted by atomic mass is 16.4. The molecule has 1 amide bonds. The van der Waals surface area contributed by atoms with Crippen LogP contribution in [-0.2, 0) is 17.6 Å². The minimum atomic E-state index is -1.05. The molecule has 0 saturated carbocycles. The quantitative estimate of drug-likeness (QED) is 0.705. The minimum Gasteiger partial charge on any atom is -0.477 e. The van der Waals surface area contributed by atoms with Gasteiger partial charge in [0.2, 0.25) is 5.91 Å². The van der Waals surface area contributed by atoms with Gasteiger partial charge in [0.15, 0.2) is 0 Å². The van der Waals surface area contributed by atoms with Crippen LogP contribution in [0, 0.1) is 0 Å². The van der Waals surface area contributed by atoms with Gasteiger partial charge in [0.25, 0.3) is 0 Å². The first-order valence-corrected chi connectivity index (χ1v) is 8.77. The summed E-state index contributed by atoms with van der Waals surface area (Å²) in [5.41, 5.74) is 3.33. The Labute approximate surface area is 152 Å². The van der Waals surface area contributed by atoms with Crippen molar-refractivity contribution in [3.05, 3.63) is 65.4 Å². The maximum absolute atomic E-state index is 13.0. The Bertz CT molecular complexity index is 959. The lowest BCUT2D eigenvalue weighted by Crippen LogP contribution is -2.33. The Balaban J connectivity index is 2.00. The molecule has 5 heteroatoms. The van der Waals surface area contributed by atoms with E-state index in [2.05, 4.69) is 11.9 Å². The molecule has 26 heavy (non-hydrogen) atoms. The highest BCUT2D eigenvalue weighted by molar-refractivity contribution is 6.03. The molecule has 3 aromatic rings. The molecule has 0 unspecified atom stereocenters. The molecule has 0 atom stereocenters. The molecule has 2 N–H and O–H groups in total. The van der Waals surface area contributed by atoms with Crippen LogP contribution in [0.3, 0.4) is 0 Å². The van der Waals surface area contributed by atoms with Gasteiger partial charge in [0.1, 0.15) is 5.69 Å². The Kier molecular flexibility index (Phi) is 5.07. The first-order chi connectivity index (χ1) is 12.6. The molecular formula is C21H22N2O3. The SMILES string of the molecule is CCc1ccccc1N(CC)C(=O)Cc1c(C(=O)O)[nH]c2ccccc12. The number of H-pyrrole nitrogens is 1. The fourth-order valence-electron chi connectivity index (χ4n) is 3.37. The molecule has 0 radical (unpaired) electrons. The third-order valence-corrected chi connectivity index (χ3v) is 4.64. The maximum atomic E-state index is 13.0. The average Bonchev–Trinajstić information content (AvgIpc) is 3.02. The molecule has 0 fully saturated rings. The van der Waals surface area contributed by atoms with Crippen molar-refractivity contribution in [3.63, 3.8) is 0 Å². The number of rotatable bonds is 6. The van der Waals surface area contributed by atoms with E-state index in [1.54, 1.807) is 4.90 Å². The predicted molar refractivity (Wildman–Crippen MR) is 103 cm³/mol. The van der Waals surface area contributed by atoms with E-state index >= 15 is 0 Å². The summed E-state index contributed by atoms with van der Waals surface area (Å²) in [5, 5.41) is 10.3. The number of aromatic carboxylic acids is 1. The van der Waals surface area contributed by atoms with Gasteiger partial charge >= 0.3 is 5.97 Å². The van der Waals surface area contributed by atoms with Crippen LogP contribution in [0.4, 0.5) is 5.69 Å². The summed E-state index contributed by atoms with van der Waals surface area (Å²) in [6.07, 6.45) is 0.866. The van der Waals surface area contributed by atoms with E-state index in [9.17, 15) is 14.7 Å². The molecule has 0 aliphatic heterocycles. The molecule has 0 saturated heterocycles. The molecule has 5 nitrogen and oxygen atoms in total. The molecule has 134 valence electrons. The topological polar surface area (TPSA) is 73.4 Å². The Morgan fingerprint density at radius 2 is 1.73 bits per heavy atom. The second-order valence-electron chi connectivity index (χ2n) is 6.13. The number of aromatic nitrogens is 1. The number of carbonyl (C=O) groups excluding carboxylic acids is 1. The van der Waals surface area contributed by atoms with Crippen LogP contribution >= 0.6 is 0 Å². The van der Waals surface area contributed by atoms with Gasteiger partial charge in [-0.3, -0.25) is 4.79 Å². The summed E-state index contributed by atoms with van der Waals surface area (Å²) in [5.74, 6) is -1.17. The lowest BCUT2D eigenvalue weighted by Gasteiger charge is -2.23. The first kappa shape index (κ1) is 17.7. The van der Waals surface area contributed by atoms with E-state index in [1.165, 1.54) is 0 Å². The third-order valence-electron chi connectivity index (χ3n) is 4.64. The first-order valence-electron chi connectivity index (χ1n) is 8.77. The van der Waals surface area contributed by atoms with Gasteiger partial charge in [-0.1, -0.05) is 43.3 Å². The predicted octanol–water partition coefficient (Wildman–Crippen LogP) is 4.02. The number of carbonyl (C=O) groups is 2. The van der Waals surface area contributed by atoms with E-state index in [4.69, 9.17) is 0 Å². The normalized spacial score (nSPS) is 10.8. The second-order valence-corrected chi connectivity index (χ2v) is 6.13. The van der Waals surface area contributed by atoms with Crippen molar-refractivity contribution >= 4 is 28.5 Å². The summed E-state index contributed by atoms with van der Waals surface area (Å²) in [4.78, 5) is 29.3. The summed E-state index contributed by atoms with van der Waals surface area (Å²) in [6, 6.07) is 15.2. The minimum absolute atomic E-state index is 0.0392. The molecule has 1 heterocycles. The van der Waals surface area contributed by atoms with Crippen molar-refractivity contribution < 1.29 is 14.7 Å². The van der Waals surface area contributed by atoms with Crippen LogP contribution < -0.4 is 4.90 Å². The molecule has 0 aliphatic carbocycles. The lowest BCUT2D eigenvalue weighted by molar-refractivity contribution is -0.117. The van der Waals surface area contributed by atoms with Crippen molar-refractivity contribution in [1.29, 1.82) is 0 Å². The molecule has 3 rings (SSSR count). The highest BCUT2D eigenvalue weighted by Gasteiger charge is 2.23. The number of aromatic amines is 1. The van der Waals surface area contributed by atoms with Gasteiger partial charge in [-0.2, -0.15) is 0 Å². The number of amides is 1. The number of hydrogen-bond acceptors (Lipinski definition) is 2. The molecule has 0 spiro atoms. The van der Waals surface area contributed by atoms with E-state index in [0.29, 0.717) is 12.1 Å². The van der Waals surface area contributed by atoms with Crippen molar-refractivity contribution in [3.8, 4) is 0 Å². The Morgan fingerprint density at radius 1 is 1.04 bits per heavy atom. The zero-order valence-corrected chi connectivity index (χ0v) is 15.0. The monoisotopic (exact) mass is 350 g/mol. The van der Waals surface area contributed by atoms with Gasteiger partial charge in [-0.05, 0) is 31.0 Å². The second kappa shape index (κ2) is 7.44. The molecule has 2 aromatic carbocycles. The summed E-state index contributed by atoms with van der Waals surface area (Å²) in [6.45, 7) is 4.51. The van der Waals surface area contributed by atoms with Crippen molar-refractivity contribution in [1.82, 2.24) is 4.98 Å². The number of fused-ring (bicyclic) bond motifs is 1. The standard InChI is InChI=1S/C21H22N2O3/c1-3-14-9-5-8-12-18(14)23(4-2)19(24)13-16-15-10-6-7-11-17(15)22-20(16)21(25)26/h5-12,22H,3-4,13H2,1-2H3,(H,25,26). The van der Waals surface area contributed by atoms with Gasteiger partial charge in [-0.15, -0.1) is 0 Å². The van der Waals surface area contributed by atoms with Gasteiger partial charge in [0, 0.05) is 28.7 Å². The molecule has 0 aliphatic rings. The zero-order chi connectivity index (χ0) is 18.7. The van der Waals surface area contributed by atoms with E-state index in [0.717, 1.165) is 28.6 Å². The van der Waals surface area contributed by atoms with Crippen LogP contribution in [0.2, 0.25) is 0 Å². The number of carboxylic acids is 1. The number of nitrogens with zero attached hydrogens (tertiary/aromatic N) is 1. The van der Waals surface area contributed by atoms with E-state index < -0.39 is 5.97 Å². The van der Waals surface area contributed by atoms with Crippen LogP contribution in [0.15, 0.2) is 48.5 Å². The fraction of sp³-hybridized carbons (Fsp3) is 0.238. The molecule has 0 bridgehead atoms. The van der Waals surface area contributed by atoms with Gasteiger partial charge in [0.05, 0.1) is 6.42 Å². The smallest absolute Gasteiger partial charge is 0.352 e. The number of anilines is 1. The van der Waals surface area contributed by atoms with Crippen molar-refractivity contribution in [2.24, 2.45) is 0 Å². The maximum Gasteiger partial charge on any atom is 0.352 e. The van der Waals surface area contributed by atoms with E-state index in [1.807, 2.05) is 55.5 Å². The number of likely N-dealkylation sites (N-methyl/N-ethyl adjacent to an activating group) is 1. The van der Waals surface area contributed by atoms with Gasteiger partial charge < -0.3 is 15.0 Å². The van der Waals surface area contributed by atoms with Gasteiger partial charge in [-0.25, -0.2) is 4.79 Å². The van der Waals surface area contributed by atoms with Crippen molar-refractivity contribution in [2.45, 2.75) is 26.7 Å². The summed E-state index contributed by atoms with van der Waals surface area (Å²) < 4.78 is 0. The zero-order valence-electron chi connectivity index (χ0n) is 15.0. The number of aryl methyl sites for hydroxylation is 1. The largest absolute Gasteiger partial charge is 0.477 e. The molecule has 1 aromatic heterocycles. The number of hydrogen-bond donors (Lipinski definition) is 2. The number of nitrogens with one attached hydrogen (secondary N) is 1. The van der Waals surface area contributed by atoms with Crippen LogP contribution in [-0.4, -0.2) is 28.5 Å². The van der Waals surface area contributed by atoms with Crippen LogP contribution in [0.25, 0.3) is 10.9 Å². The highest BCUT2D eigenvalue weighted by Crippen LogP contribution is 2.26. The lowest BCUT2D eigenvalue weighted by atomic mass is 10.0.